The van der Waals surface area contributed by atoms with Crippen LogP contribution in [0.3, 0.4) is 0 Å². The Morgan fingerprint density at radius 3 is 2.16 bits per heavy atom. The van der Waals surface area contributed by atoms with Gasteiger partial charge in [0.2, 0.25) is 0 Å². The molecule has 0 aromatic carbocycles. The van der Waals surface area contributed by atoms with E-state index in [0.717, 1.165) is 6.54 Å². The minimum atomic E-state index is 0.275. The number of rotatable bonds is 8. The van der Waals surface area contributed by atoms with Crippen molar-refractivity contribution in [2.45, 2.75) is 90.6 Å². The zero-order valence-electron chi connectivity index (χ0n) is 14.0. The van der Waals surface area contributed by atoms with Crippen LogP contribution in [0.15, 0.2) is 0 Å². The van der Waals surface area contributed by atoms with E-state index in [1.807, 2.05) is 0 Å². The number of piperazine rings is 1. The summed E-state index contributed by atoms with van der Waals surface area (Å²) >= 11 is 0. The van der Waals surface area contributed by atoms with E-state index in [0.29, 0.717) is 5.54 Å². The topological polar surface area (TPSA) is 15.3 Å². The van der Waals surface area contributed by atoms with Gasteiger partial charge in [0.1, 0.15) is 0 Å². The lowest BCUT2D eigenvalue weighted by molar-refractivity contribution is 0.00778. The molecule has 0 aliphatic carbocycles. The van der Waals surface area contributed by atoms with Gasteiger partial charge < -0.3 is 5.32 Å². The third kappa shape index (κ3) is 4.75. The highest BCUT2D eigenvalue weighted by molar-refractivity contribution is 5.00. The average molecular weight is 268 g/mol. The fraction of sp³-hybridized carbons (Fsp3) is 1.00. The molecule has 0 spiro atoms. The summed E-state index contributed by atoms with van der Waals surface area (Å²) in [6.07, 6.45) is 9.47. The van der Waals surface area contributed by atoms with Crippen LogP contribution in [0.1, 0.15) is 79.6 Å². The van der Waals surface area contributed by atoms with Crippen LogP contribution in [0.25, 0.3) is 0 Å². The molecule has 0 bridgehead atoms. The smallest absolute Gasteiger partial charge is 0.0329 e. The lowest BCUT2D eigenvalue weighted by atomic mass is 9.84. The van der Waals surface area contributed by atoms with Crippen molar-refractivity contribution < 1.29 is 0 Å². The predicted octanol–water partition coefficient (Wildman–Crippen LogP) is 4.20. The van der Waals surface area contributed by atoms with Gasteiger partial charge in [-0.05, 0) is 39.7 Å². The number of nitrogens with zero attached hydrogens (tertiary/aromatic N) is 1. The second-order valence-corrected chi connectivity index (χ2v) is 7.00. The summed E-state index contributed by atoms with van der Waals surface area (Å²) < 4.78 is 0. The molecule has 1 aliphatic rings. The largest absolute Gasteiger partial charge is 0.309 e. The van der Waals surface area contributed by atoms with Crippen molar-refractivity contribution in [3.05, 3.63) is 0 Å². The van der Waals surface area contributed by atoms with Gasteiger partial charge in [-0.25, -0.2) is 0 Å². The maximum Gasteiger partial charge on any atom is 0.0329 e. The van der Waals surface area contributed by atoms with Gasteiger partial charge in [-0.3, -0.25) is 4.90 Å². The van der Waals surface area contributed by atoms with Gasteiger partial charge in [-0.2, -0.15) is 0 Å². The Hall–Kier alpha value is -0.0800. The normalized spacial score (nSPS) is 22.6. The molecule has 114 valence electrons. The molecule has 0 aromatic heterocycles. The van der Waals surface area contributed by atoms with Gasteiger partial charge >= 0.3 is 0 Å². The van der Waals surface area contributed by atoms with E-state index in [1.54, 1.807) is 0 Å². The van der Waals surface area contributed by atoms with E-state index < -0.39 is 0 Å². The first kappa shape index (κ1) is 17.0. The molecule has 0 amide bonds. The highest BCUT2D eigenvalue weighted by Crippen LogP contribution is 2.30. The zero-order valence-corrected chi connectivity index (χ0v) is 14.0. The quantitative estimate of drug-likeness (QED) is 0.664. The highest BCUT2D eigenvalue weighted by atomic mass is 15.3. The summed E-state index contributed by atoms with van der Waals surface area (Å²) in [6, 6.07) is 0. The molecule has 0 radical (unpaired) electrons. The average Bonchev–Trinajstić information content (AvgIpc) is 2.39. The molecular formula is C17H36N2. The third-order valence-corrected chi connectivity index (χ3v) is 5.00. The molecule has 1 heterocycles. The van der Waals surface area contributed by atoms with Crippen LogP contribution in [0, 0.1) is 0 Å². The molecule has 0 saturated carbocycles. The second-order valence-electron chi connectivity index (χ2n) is 7.00. The van der Waals surface area contributed by atoms with E-state index in [1.165, 1.54) is 58.0 Å². The van der Waals surface area contributed by atoms with Crippen LogP contribution < -0.4 is 5.32 Å². The molecule has 0 aromatic rings. The second kappa shape index (κ2) is 7.64. The number of nitrogens with one attached hydrogen (secondary N) is 1. The van der Waals surface area contributed by atoms with E-state index in [4.69, 9.17) is 0 Å². The van der Waals surface area contributed by atoms with Crippen LogP contribution in [-0.4, -0.2) is 35.6 Å². The molecule has 0 unspecified atom stereocenters. The van der Waals surface area contributed by atoms with E-state index in [9.17, 15) is 0 Å². The Morgan fingerprint density at radius 1 is 0.947 bits per heavy atom. The summed E-state index contributed by atoms with van der Waals surface area (Å²) in [5.41, 5.74) is 0.678. The Bertz CT molecular complexity index is 244. The van der Waals surface area contributed by atoms with Crippen molar-refractivity contribution in [1.29, 1.82) is 0 Å². The standard InChI is InChI=1S/C17H36N2/c1-6-9-10-11-12-13-19-15-16(4,5)18-14-17(19,7-2)8-3/h18H,6-15H2,1-5H3. The van der Waals surface area contributed by atoms with Crippen LogP contribution in [-0.2, 0) is 0 Å². The molecule has 1 saturated heterocycles. The minimum Gasteiger partial charge on any atom is -0.309 e. The fourth-order valence-corrected chi connectivity index (χ4v) is 3.39. The SMILES string of the molecule is CCCCCCCN1CC(C)(C)NCC1(CC)CC. The summed E-state index contributed by atoms with van der Waals surface area (Å²) in [7, 11) is 0. The van der Waals surface area contributed by atoms with Crippen molar-refractivity contribution in [3.8, 4) is 0 Å². The van der Waals surface area contributed by atoms with E-state index in [2.05, 4.69) is 44.8 Å². The van der Waals surface area contributed by atoms with Crippen molar-refractivity contribution in [2.75, 3.05) is 19.6 Å². The molecule has 1 rings (SSSR count). The van der Waals surface area contributed by atoms with Crippen LogP contribution in [0.5, 0.6) is 0 Å². The van der Waals surface area contributed by atoms with Gasteiger partial charge in [-0.15, -0.1) is 0 Å². The Morgan fingerprint density at radius 2 is 1.58 bits per heavy atom. The maximum absolute atomic E-state index is 3.75. The van der Waals surface area contributed by atoms with Gasteiger partial charge in [0.15, 0.2) is 0 Å². The van der Waals surface area contributed by atoms with E-state index in [-0.39, 0.29) is 5.54 Å². The van der Waals surface area contributed by atoms with Gasteiger partial charge in [0, 0.05) is 24.2 Å². The minimum absolute atomic E-state index is 0.275. The molecule has 1 N–H and O–H groups in total. The summed E-state index contributed by atoms with van der Waals surface area (Å²) in [5, 5.41) is 3.75. The lowest BCUT2D eigenvalue weighted by Crippen LogP contribution is -2.68. The molecule has 0 atom stereocenters. The molecule has 2 nitrogen and oxygen atoms in total. The van der Waals surface area contributed by atoms with Crippen molar-refractivity contribution in [3.63, 3.8) is 0 Å². The number of unbranched alkanes of at least 4 members (excludes halogenated alkanes) is 4. The first-order chi connectivity index (χ1) is 8.99. The fourth-order valence-electron chi connectivity index (χ4n) is 3.39. The molecule has 2 heteroatoms. The summed E-state index contributed by atoms with van der Waals surface area (Å²) in [4.78, 5) is 2.79. The third-order valence-electron chi connectivity index (χ3n) is 5.00. The molecule has 1 aliphatic heterocycles. The Kier molecular flexibility index (Phi) is 6.82. The molecule has 1 fully saturated rings. The van der Waals surface area contributed by atoms with Gasteiger partial charge in [-0.1, -0.05) is 46.5 Å². The number of hydrogen-bond donors (Lipinski definition) is 1. The lowest BCUT2D eigenvalue weighted by Gasteiger charge is -2.52. The Labute approximate surface area is 121 Å². The van der Waals surface area contributed by atoms with Crippen molar-refractivity contribution >= 4 is 0 Å². The highest BCUT2D eigenvalue weighted by Gasteiger charge is 2.41. The molecule has 19 heavy (non-hydrogen) atoms. The van der Waals surface area contributed by atoms with Gasteiger partial charge in [0.05, 0.1) is 0 Å². The predicted molar refractivity (Wildman–Crippen MR) is 85.7 cm³/mol. The van der Waals surface area contributed by atoms with Crippen molar-refractivity contribution in [1.82, 2.24) is 10.2 Å². The maximum atomic E-state index is 3.75. The molecular weight excluding hydrogens is 232 g/mol. The van der Waals surface area contributed by atoms with Crippen LogP contribution >= 0.6 is 0 Å². The zero-order chi connectivity index (χ0) is 14.4. The van der Waals surface area contributed by atoms with Crippen molar-refractivity contribution in [2.24, 2.45) is 0 Å². The van der Waals surface area contributed by atoms with Crippen LogP contribution in [0.4, 0.5) is 0 Å². The monoisotopic (exact) mass is 268 g/mol. The van der Waals surface area contributed by atoms with E-state index >= 15 is 0 Å². The number of hydrogen-bond acceptors (Lipinski definition) is 2. The first-order valence-corrected chi connectivity index (χ1v) is 8.50. The van der Waals surface area contributed by atoms with Crippen LogP contribution in [0.2, 0.25) is 0 Å². The van der Waals surface area contributed by atoms with Gasteiger partial charge in [0.25, 0.3) is 0 Å². The summed E-state index contributed by atoms with van der Waals surface area (Å²) in [5.74, 6) is 0. The Balaban J connectivity index is 2.52. The first-order valence-electron chi connectivity index (χ1n) is 8.50. The summed E-state index contributed by atoms with van der Waals surface area (Å²) in [6.45, 7) is 15.3.